The molecule has 2 heterocycles. The van der Waals surface area contributed by atoms with E-state index in [4.69, 9.17) is 4.74 Å². The van der Waals surface area contributed by atoms with Crippen LogP contribution in [0, 0.1) is 5.92 Å². The summed E-state index contributed by atoms with van der Waals surface area (Å²) in [6.07, 6.45) is 5.39. The number of aromatic nitrogens is 2. The number of ketones is 1. The van der Waals surface area contributed by atoms with E-state index in [0.717, 1.165) is 38.1 Å². The minimum Gasteiger partial charge on any atom is -0.507 e. The van der Waals surface area contributed by atoms with Gasteiger partial charge in [-0.1, -0.05) is 6.42 Å². The number of carbonyl (C=O) groups is 2. The second-order valence-electron chi connectivity index (χ2n) is 6.63. The molecule has 6 nitrogen and oxygen atoms in total. The summed E-state index contributed by atoms with van der Waals surface area (Å²) in [5, 5.41) is 9.84. The molecule has 3 rings (SSSR count). The number of aromatic hydroxyl groups is 1. The number of phenolic OH excluding ortho intramolecular Hbond substituents is 1. The van der Waals surface area contributed by atoms with E-state index in [1.54, 1.807) is 10.6 Å². The topological polar surface area (TPSA) is 81.4 Å². The molecule has 1 aromatic heterocycles. The van der Waals surface area contributed by atoms with Gasteiger partial charge in [0.2, 0.25) is 0 Å². The number of hydrogen-bond donors (Lipinski definition) is 1. The molecule has 6 heteroatoms. The van der Waals surface area contributed by atoms with Crippen LogP contribution in [0.15, 0.2) is 12.1 Å². The molecule has 1 aromatic carbocycles. The Balaban J connectivity index is 1.73. The van der Waals surface area contributed by atoms with Gasteiger partial charge >= 0.3 is 0 Å². The average molecular weight is 344 g/mol. The lowest BCUT2D eigenvalue weighted by molar-refractivity contribution is -0.124. The maximum Gasteiger partial charge on any atom is 0.155 e. The van der Waals surface area contributed by atoms with Crippen LogP contribution in [0.5, 0.6) is 5.75 Å². The van der Waals surface area contributed by atoms with E-state index in [1.807, 2.05) is 7.05 Å². The van der Waals surface area contributed by atoms with Crippen molar-refractivity contribution in [3.8, 4) is 5.75 Å². The lowest BCUT2D eigenvalue weighted by Crippen LogP contribution is -2.20. The van der Waals surface area contributed by atoms with Crippen molar-refractivity contribution in [2.24, 2.45) is 13.0 Å². The van der Waals surface area contributed by atoms with Crippen molar-refractivity contribution in [2.45, 2.75) is 38.5 Å². The quantitative estimate of drug-likeness (QED) is 0.844. The van der Waals surface area contributed by atoms with Gasteiger partial charge in [-0.2, -0.15) is 0 Å². The van der Waals surface area contributed by atoms with E-state index in [1.165, 1.54) is 6.07 Å². The Morgan fingerprint density at radius 2 is 2.20 bits per heavy atom. The number of imidazole rings is 1. The molecule has 0 saturated carbocycles. The number of aryl methyl sites for hydroxylation is 2. The molecule has 2 aromatic rings. The van der Waals surface area contributed by atoms with Crippen LogP contribution in [0.1, 0.15) is 48.3 Å². The maximum atomic E-state index is 12.6. The standard InChI is InChI=1S/C19H24N2O4/c1-21-18(20-15-5-6-17(24)14(12-22)19(15)21)8-7-16(23)13-4-2-3-10-25-11-9-13/h5-6,12-13,24H,2-4,7-11H2,1H3. The van der Waals surface area contributed by atoms with Crippen molar-refractivity contribution in [1.82, 2.24) is 9.55 Å². The number of benzene rings is 1. The minimum atomic E-state index is -0.0531. The Morgan fingerprint density at radius 1 is 1.36 bits per heavy atom. The molecule has 1 aliphatic rings. The highest BCUT2D eigenvalue weighted by Gasteiger charge is 2.21. The molecule has 0 radical (unpaired) electrons. The highest BCUT2D eigenvalue weighted by Crippen LogP contribution is 2.27. The normalized spacial score (nSPS) is 18.7. The fraction of sp³-hybridized carbons (Fsp3) is 0.526. The molecular weight excluding hydrogens is 320 g/mol. The monoisotopic (exact) mass is 344 g/mol. The first-order valence-corrected chi connectivity index (χ1v) is 8.84. The molecule has 1 saturated heterocycles. The smallest absolute Gasteiger partial charge is 0.155 e. The highest BCUT2D eigenvalue weighted by atomic mass is 16.5. The lowest BCUT2D eigenvalue weighted by Gasteiger charge is -2.18. The summed E-state index contributed by atoms with van der Waals surface area (Å²) < 4.78 is 7.29. The van der Waals surface area contributed by atoms with Crippen LogP contribution in [-0.2, 0) is 23.0 Å². The molecule has 25 heavy (non-hydrogen) atoms. The van der Waals surface area contributed by atoms with Gasteiger partial charge in [-0.05, 0) is 31.4 Å². The fourth-order valence-corrected chi connectivity index (χ4v) is 3.54. The number of aldehydes is 1. The summed E-state index contributed by atoms with van der Waals surface area (Å²) in [7, 11) is 1.81. The Labute approximate surface area is 146 Å². The Morgan fingerprint density at radius 3 is 3.00 bits per heavy atom. The summed E-state index contributed by atoms with van der Waals surface area (Å²) in [5.74, 6) is 1.03. The van der Waals surface area contributed by atoms with Crippen molar-refractivity contribution >= 4 is 23.1 Å². The van der Waals surface area contributed by atoms with Gasteiger partial charge in [-0.3, -0.25) is 9.59 Å². The molecule has 0 bridgehead atoms. The number of nitrogens with zero attached hydrogens (tertiary/aromatic N) is 2. The molecule has 1 N–H and O–H groups in total. The second kappa shape index (κ2) is 7.78. The molecule has 1 unspecified atom stereocenters. The Hall–Kier alpha value is -2.21. The molecule has 0 spiro atoms. The SMILES string of the molecule is Cn1c(CCC(=O)C2CCCCOCC2)nc2ccc(O)c(C=O)c21. The summed E-state index contributed by atoms with van der Waals surface area (Å²) in [6.45, 7) is 1.46. The van der Waals surface area contributed by atoms with Crippen LogP contribution in [0.3, 0.4) is 0 Å². The van der Waals surface area contributed by atoms with E-state index in [0.29, 0.717) is 36.8 Å². The summed E-state index contributed by atoms with van der Waals surface area (Å²) >= 11 is 0. The first kappa shape index (κ1) is 17.6. The van der Waals surface area contributed by atoms with Gasteiger partial charge in [0.1, 0.15) is 17.4 Å². The van der Waals surface area contributed by atoms with Crippen molar-refractivity contribution in [1.29, 1.82) is 0 Å². The molecular formula is C19H24N2O4. The minimum absolute atomic E-state index is 0.0531. The molecule has 1 atom stereocenters. The van der Waals surface area contributed by atoms with Gasteiger partial charge in [0.15, 0.2) is 6.29 Å². The Kier molecular flexibility index (Phi) is 5.48. The van der Waals surface area contributed by atoms with Crippen molar-refractivity contribution in [3.63, 3.8) is 0 Å². The van der Waals surface area contributed by atoms with Gasteiger partial charge < -0.3 is 14.4 Å². The lowest BCUT2D eigenvalue weighted by atomic mass is 9.91. The van der Waals surface area contributed by atoms with E-state index >= 15 is 0 Å². The van der Waals surface area contributed by atoms with Crippen LogP contribution in [-0.4, -0.2) is 39.9 Å². The number of rotatable bonds is 5. The van der Waals surface area contributed by atoms with Gasteiger partial charge in [-0.25, -0.2) is 4.98 Å². The van der Waals surface area contributed by atoms with Gasteiger partial charge in [-0.15, -0.1) is 0 Å². The number of phenols is 1. The zero-order valence-corrected chi connectivity index (χ0v) is 14.5. The molecule has 1 aliphatic heterocycles. The largest absolute Gasteiger partial charge is 0.507 e. The number of Topliss-reactive ketones (excluding diaryl/α,β-unsaturated/α-hetero) is 1. The zero-order chi connectivity index (χ0) is 17.8. The molecule has 1 fully saturated rings. The van der Waals surface area contributed by atoms with Crippen LogP contribution < -0.4 is 0 Å². The molecule has 134 valence electrons. The van der Waals surface area contributed by atoms with Crippen LogP contribution >= 0.6 is 0 Å². The van der Waals surface area contributed by atoms with E-state index in [-0.39, 0.29) is 23.0 Å². The molecule has 0 aliphatic carbocycles. The number of hydrogen-bond acceptors (Lipinski definition) is 5. The third-order valence-corrected chi connectivity index (χ3v) is 5.01. The third-order valence-electron chi connectivity index (χ3n) is 5.01. The number of ether oxygens (including phenoxy) is 1. The Bertz CT molecular complexity index is 773. The summed E-state index contributed by atoms with van der Waals surface area (Å²) in [5.41, 5.74) is 1.50. The first-order valence-electron chi connectivity index (χ1n) is 8.84. The number of fused-ring (bicyclic) bond motifs is 1. The predicted octanol–water partition coefficient (Wildman–Crippen LogP) is 2.80. The van der Waals surface area contributed by atoms with E-state index in [2.05, 4.69) is 4.98 Å². The summed E-state index contributed by atoms with van der Waals surface area (Å²) in [4.78, 5) is 28.3. The summed E-state index contributed by atoms with van der Waals surface area (Å²) in [6, 6.07) is 3.16. The van der Waals surface area contributed by atoms with Crippen LogP contribution in [0.25, 0.3) is 11.0 Å². The van der Waals surface area contributed by atoms with Crippen molar-refractivity contribution < 1.29 is 19.4 Å². The van der Waals surface area contributed by atoms with Gasteiger partial charge in [0.25, 0.3) is 0 Å². The van der Waals surface area contributed by atoms with E-state index in [9.17, 15) is 14.7 Å². The predicted molar refractivity (Wildman–Crippen MR) is 93.9 cm³/mol. The average Bonchev–Trinajstić information content (AvgIpc) is 2.89. The van der Waals surface area contributed by atoms with E-state index < -0.39 is 0 Å². The van der Waals surface area contributed by atoms with Gasteiger partial charge in [0.05, 0.1) is 16.6 Å². The van der Waals surface area contributed by atoms with Crippen LogP contribution in [0.4, 0.5) is 0 Å². The number of carbonyl (C=O) groups excluding carboxylic acids is 2. The molecule has 0 amide bonds. The maximum absolute atomic E-state index is 12.6. The second-order valence-corrected chi connectivity index (χ2v) is 6.63. The third kappa shape index (κ3) is 3.74. The van der Waals surface area contributed by atoms with Crippen molar-refractivity contribution in [3.05, 3.63) is 23.5 Å². The zero-order valence-electron chi connectivity index (χ0n) is 14.5. The first-order chi connectivity index (χ1) is 12.1. The van der Waals surface area contributed by atoms with Crippen LogP contribution in [0.2, 0.25) is 0 Å². The van der Waals surface area contributed by atoms with Gasteiger partial charge in [0, 0.05) is 39.0 Å². The fourth-order valence-electron chi connectivity index (χ4n) is 3.54. The highest BCUT2D eigenvalue weighted by molar-refractivity contribution is 5.97. The van der Waals surface area contributed by atoms with Crippen molar-refractivity contribution in [2.75, 3.05) is 13.2 Å².